The zero-order chi connectivity index (χ0) is 17.9. The SMILES string of the molecule is Cc1cnccc1OCC1CCN(c2cc(=O)n3ccccc3n2)CC1. The van der Waals surface area contributed by atoms with E-state index in [1.54, 1.807) is 22.9 Å². The Labute approximate surface area is 152 Å². The van der Waals surface area contributed by atoms with E-state index in [0.717, 1.165) is 43.1 Å². The maximum atomic E-state index is 12.3. The second-order valence-electron chi connectivity index (χ2n) is 6.76. The first-order valence-electron chi connectivity index (χ1n) is 8.97. The number of hydrogen-bond acceptors (Lipinski definition) is 5. The number of anilines is 1. The van der Waals surface area contributed by atoms with Gasteiger partial charge >= 0.3 is 0 Å². The van der Waals surface area contributed by atoms with Crippen molar-refractivity contribution in [2.24, 2.45) is 5.92 Å². The number of fused-ring (bicyclic) bond motifs is 1. The average molecular weight is 350 g/mol. The summed E-state index contributed by atoms with van der Waals surface area (Å²) in [5.41, 5.74) is 1.71. The third-order valence-corrected chi connectivity index (χ3v) is 4.94. The highest BCUT2D eigenvalue weighted by Gasteiger charge is 2.21. The van der Waals surface area contributed by atoms with Gasteiger partial charge in [-0.15, -0.1) is 0 Å². The highest BCUT2D eigenvalue weighted by atomic mass is 16.5. The molecule has 6 nitrogen and oxygen atoms in total. The summed E-state index contributed by atoms with van der Waals surface area (Å²) in [4.78, 5) is 23.2. The molecule has 4 rings (SSSR count). The number of aryl methyl sites for hydroxylation is 1. The fourth-order valence-corrected chi connectivity index (χ4v) is 3.36. The minimum atomic E-state index is -0.0378. The minimum absolute atomic E-state index is 0.0378. The molecule has 1 fully saturated rings. The van der Waals surface area contributed by atoms with Gasteiger partial charge in [0.1, 0.15) is 17.2 Å². The zero-order valence-corrected chi connectivity index (χ0v) is 14.8. The maximum Gasteiger partial charge on any atom is 0.259 e. The molecule has 1 aliphatic rings. The van der Waals surface area contributed by atoms with Gasteiger partial charge in [-0.25, -0.2) is 4.98 Å². The molecule has 1 aliphatic heterocycles. The number of aromatic nitrogens is 3. The van der Waals surface area contributed by atoms with E-state index in [9.17, 15) is 4.79 Å². The van der Waals surface area contributed by atoms with Crippen molar-refractivity contribution in [2.75, 3.05) is 24.6 Å². The van der Waals surface area contributed by atoms with Crippen LogP contribution in [-0.4, -0.2) is 34.1 Å². The predicted octanol–water partition coefficient (Wildman–Crippen LogP) is 2.69. The molecule has 26 heavy (non-hydrogen) atoms. The quantitative estimate of drug-likeness (QED) is 0.724. The van der Waals surface area contributed by atoms with Gasteiger partial charge in [0.2, 0.25) is 0 Å². The van der Waals surface area contributed by atoms with Crippen LogP contribution in [0.2, 0.25) is 0 Å². The molecule has 0 atom stereocenters. The molecule has 0 bridgehead atoms. The van der Waals surface area contributed by atoms with Crippen molar-refractivity contribution >= 4 is 11.5 Å². The van der Waals surface area contributed by atoms with Crippen molar-refractivity contribution in [3.05, 3.63) is 64.8 Å². The van der Waals surface area contributed by atoms with Crippen LogP contribution in [0.1, 0.15) is 18.4 Å². The lowest BCUT2D eigenvalue weighted by Crippen LogP contribution is -2.37. The molecule has 0 radical (unpaired) electrons. The van der Waals surface area contributed by atoms with E-state index in [1.807, 2.05) is 37.4 Å². The number of hydrogen-bond donors (Lipinski definition) is 0. The van der Waals surface area contributed by atoms with Gasteiger partial charge in [0, 0.05) is 43.3 Å². The first-order valence-corrected chi connectivity index (χ1v) is 8.97. The Morgan fingerprint density at radius 3 is 2.88 bits per heavy atom. The van der Waals surface area contributed by atoms with Crippen LogP contribution in [0.4, 0.5) is 5.82 Å². The first kappa shape index (κ1) is 16.6. The molecule has 0 saturated carbocycles. The summed E-state index contributed by atoms with van der Waals surface area (Å²) in [6, 6.07) is 9.14. The third-order valence-electron chi connectivity index (χ3n) is 4.94. The van der Waals surface area contributed by atoms with Gasteiger partial charge in [-0.05, 0) is 43.9 Å². The second-order valence-corrected chi connectivity index (χ2v) is 6.76. The molecule has 0 unspecified atom stereocenters. The fourth-order valence-electron chi connectivity index (χ4n) is 3.36. The molecule has 4 heterocycles. The lowest BCUT2D eigenvalue weighted by atomic mass is 9.98. The van der Waals surface area contributed by atoms with Gasteiger partial charge in [-0.1, -0.05) is 6.07 Å². The van der Waals surface area contributed by atoms with Crippen molar-refractivity contribution in [3.63, 3.8) is 0 Å². The van der Waals surface area contributed by atoms with Crippen LogP contribution in [0, 0.1) is 12.8 Å². The molecule has 0 aliphatic carbocycles. The van der Waals surface area contributed by atoms with E-state index >= 15 is 0 Å². The fraction of sp³-hybridized carbons (Fsp3) is 0.350. The van der Waals surface area contributed by atoms with Gasteiger partial charge in [0.15, 0.2) is 0 Å². The van der Waals surface area contributed by atoms with Crippen molar-refractivity contribution in [1.29, 1.82) is 0 Å². The summed E-state index contributed by atoms with van der Waals surface area (Å²) in [5.74, 6) is 2.19. The molecule has 1 saturated heterocycles. The summed E-state index contributed by atoms with van der Waals surface area (Å²) >= 11 is 0. The lowest BCUT2D eigenvalue weighted by Gasteiger charge is -2.32. The molecule has 0 N–H and O–H groups in total. The van der Waals surface area contributed by atoms with Gasteiger partial charge in [0.25, 0.3) is 5.56 Å². The molecule has 134 valence electrons. The molecular formula is C20H22N4O2. The minimum Gasteiger partial charge on any atom is -0.493 e. The van der Waals surface area contributed by atoms with E-state index in [2.05, 4.69) is 14.9 Å². The second kappa shape index (κ2) is 7.15. The first-order chi connectivity index (χ1) is 12.7. The van der Waals surface area contributed by atoms with Crippen LogP contribution >= 0.6 is 0 Å². The van der Waals surface area contributed by atoms with Crippen LogP contribution in [0.15, 0.2) is 53.7 Å². The summed E-state index contributed by atoms with van der Waals surface area (Å²) < 4.78 is 7.54. The number of rotatable bonds is 4. The van der Waals surface area contributed by atoms with Crippen molar-refractivity contribution in [2.45, 2.75) is 19.8 Å². The van der Waals surface area contributed by atoms with Gasteiger partial charge in [-0.3, -0.25) is 14.2 Å². The Morgan fingerprint density at radius 2 is 2.08 bits per heavy atom. The normalized spacial score (nSPS) is 15.3. The monoisotopic (exact) mass is 350 g/mol. The standard InChI is InChI=1S/C20H22N4O2/c1-15-13-21-8-5-17(15)26-14-16-6-10-23(11-7-16)19-12-20(25)24-9-3-2-4-18(24)22-19/h2-5,8-9,12-13,16H,6-7,10-11,14H2,1H3. The zero-order valence-electron chi connectivity index (χ0n) is 14.8. The predicted molar refractivity (Wildman–Crippen MR) is 101 cm³/mol. The van der Waals surface area contributed by atoms with Gasteiger partial charge in [-0.2, -0.15) is 0 Å². The Hall–Kier alpha value is -2.89. The Kier molecular flexibility index (Phi) is 4.56. The highest BCUT2D eigenvalue weighted by molar-refractivity contribution is 5.48. The van der Waals surface area contributed by atoms with Gasteiger partial charge in [0.05, 0.1) is 6.61 Å². The average Bonchev–Trinajstić information content (AvgIpc) is 2.68. The van der Waals surface area contributed by atoms with Crippen molar-refractivity contribution < 1.29 is 4.74 Å². The number of piperidine rings is 1. The maximum absolute atomic E-state index is 12.3. The third kappa shape index (κ3) is 3.40. The van der Waals surface area contributed by atoms with Crippen LogP contribution in [-0.2, 0) is 0 Å². The summed E-state index contributed by atoms with van der Waals surface area (Å²) in [7, 11) is 0. The molecule has 3 aromatic rings. The van der Waals surface area contributed by atoms with Gasteiger partial charge < -0.3 is 9.64 Å². The Bertz CT molecular complexity index is 961. The van der Waals surface area contributed by atoms with Crippen LogP contribution in [0.3, 0.4) is 0 Å². The molecule has 0 aromatic carbocycles. The van der Waals surface area contributed by atoms with E-state index in [1.165, 1.54) is 0 Å². The van der Waals surface area contributed by atoms with E-state index in [-0.39, 0.29) is 5.56 Å². The molecule has 6 heteroatoms. The molecule has 3 aromatic heterocycles. The van der Waals surface area contributed by atoms with E-state index in [4.69, 9.17) is 4.74 Å². The Morgan fingerprint density at radius 1 is 1.23 bits per heavy atom. The Balaban J connectivity index is 1.39. The number of pyridine rings is 2. The van der Waals surface area contributed by atoms with Crippen molar-refractivity contribution in [1.82, 2.24) is 14.4 Å². The van der Waals surface area contributed by atoms with Crippen LogP contribution < -0.4 is 15.2 Å². The van der Waals surface area contributed by atoms with Crippen LogP contribution in [0.25, 0.3) is 5.65 Å². The van der Waals surface area contributed by atoms with Crippen molar-refractivity contribution in [3.8, 4) is 5.75 Å². The molecular weight excluding hydrogens is 328 g/mol. The highest BCUT2D eigenvalue weighted by Crippen LogP contribution is 2.23. The summed E-state index contributed by atoms with van der Waals surface area (Å²) in [6.07, 6.45) is 7.38. The largest absolute Gasteiger partial charge is 0.493 e. The molecule has 0 amide bonds. The lowest BCUT2D eigenvalue weighted by molar-refractivity contribution is 0.221. The summed E-state index contributed by atoms with van der Waals surface area (Å²) in [5, 5.41) is 0. The van der Waals surface area contributed by atoms with E-state index in [0.29, 0.717) is 18.2 Å². The molecule has 0 spiro atoms. The number of nitrogens with zero attached hydrogens (tertiary/aromatic N) is 4. The number of ether oxygens (including phenoxy) is 1. The topological polar surface area (TPSA) is 59.7 Å². The summed E-state index contributed by atoms with van der Waals surface area (Å²) in [6.45, 7) is 4.50. The van der Waals surface area contributed by atoms with E-state index < -0.39 is 0 Å². The van der Waals surface area contributed by atoms with Crippen LogP contribution in [0.5, 0.6) is 5.75 Å². The smallest absolute Gasteiger partial charge is 0.259 e.